The molecule has 0 saturated carbocycles. The highest BCUT2D eigenvalue weighted by atomic mass is 16.2. The van der Waals surface area contributed by atoms with Crippen molar-refractivity contribution in [2.24, 2.45) is 0 Å². The zero-order chi connectivity index (χ0) is 16.4. The lowest BCUT2D eigenvalue weighted by atomic mass is 10.1. The average molecular weight is 309 g/mol. The molecule has 118 valence electrons. The monoisotopic (exact) mass is 309 g/mol. The molecule has 1 atom stereocenters. The molecule has 5 heteroatoms. The summed E-state index contributed by atoms with van der Waals surface area (Å²) in [6, 6.07) is 10.9. The van der Waals surface area contributed by atoms with Crippen molar-refractivity contribution >= 4 is 16.8 Å². The molecule has 0 aliphatic rings. The molecule has 0 fully saturated rings. The number of carbonyl (C=O) groups is 1. The van der Waals surface area contributed by atoms with Crippen LogP contribution in [-0.4, -0.2) is 15.9 Å². The highest BCUT2D eigenvalue weighted by Crippen LogP contribution is 2.20. The lowest BCUT2D eigenvalue weighted by Gasteiger charge is -2.16. The van der Waals surface area contributed by atoms with Gasteiger partial charge in [0.25, 0.3) is 5.91 Å². The lowest BCUT2D eigenvalue weighted by molar-refractivity contribution is 0.0938. The zero-order valence-electron chi connectivity index (χ0n) is 13.1. The van der Waals surface area contributed by atoms with Gasteiger partial charge in [-0.15, -0.1) is 0 Å². The Morgan fingerprint density at radius 3 is 2.83 bits per heavy atom. The van der Waals surface area contributed by atoms with Crippen LogP contribution in [0.5, 0.6) is 0 Å². The largest absolute Gasteiger partial charge is 0.361 e. The quantitative estimate of drug-likeness (QED) is 0.693. The van der Waals surface area contributed by atoms with Crippen molar-refractivity contribution in [3.63, 3.8) is 0 Å². The maximum atomic E-state index is 12.5. The van der Waals surface area contributed by atoms with E-state index in [1.807, 2.05) is 38.2 Å². The maximum absolute atomic E-state index is 12.5. The fourth-order valence-electron chi connectivity index (χ4n) is 2.71. The zero-order valence-corrected chi connectivity index (χ0v) is 13.1. The van der Waals surface area contributed by atoms with Crippen molar-refractivity contribution in [3.8, 4) is 0 Å². The van der Waals surface area contributed by atoms with Gasteiger partial charge in [-0.2, -0.15) is 0 Å². The molecular weight excluding hydrogens is 290 g/mol. The second-order valence-electron chi connectivity index (χ2n) is 5.59. The molecule has 23 heavy (non-hydrogen) atoms. The van der Waals surface area contributed by atoms with Crippen LogP contribution < -0.4 is 10.9 Å². The van der Waals surface area contributed by atoms with Gasteiger partial charge in [0, 0.05) is 23.5 Å². The van der Waals surface area contributed by atoms with Gasteiger partial charge < -0.3 is 15.3 Å². The van der Waals surface area contributed by atoms with Crippen LogP contribution in [0.4, 0.5) is 0 Å². The van der Waals surface area contributed by atoms with Gasteiger partial charge in [0.1, 0.15) is 0 Å². The van der Waals surface area contributed by atoms with Gasteiger partial charge in [0.05, 0.1) is 11.6 Å². The fraction of sp³-hybridized carbons (Fsp3) is 0.222. The Labute approximate surface area is 133 Å². The lowest BCUT2D eigenvalue weighted by Crippen LogP contribution is -2.28. The van der Waals surface area contributed by atoms with Crippen LogP contribution >= 0.6 is 0 Å². The topological polar surface area (TPSA) is 77.8 Å². The number of rotatable bonds is 4. The summed E-state index contributed by atoms with van der Waals surface area (Å²) in [5.41, 5.74) is 3.09. The first-order valence-electron chi connectivity index (χ1n) is 7.68. The van der Waals surface area contributed by atoms with Gasteiger partial charge in [-0.3, -0.25) is 9.59 Å². The van der Waals surface area contributed by atoms with E-state index in [1.54, 1.807) is 6.07 Å². The third-order valence-corrected chi connectivity index (χ3v) is 4.02. The normalized spacial score (nSPS) is 12.3. The smallest absolute Gasteiger partial charge is 0.253 e. The van der Waals surface area contributed by atoms with E-state index in [-0.39, 0.29) is 17.5 Å². The Kier molecular flexibility index (Phi) is 4.02. The van der Waals surface area contributed by atoms with Crippen LogP contribution in [0, 0.1) is 0 Å². The standard InChI is InChI=1S/C18H19N3O2/c1-3-15-14(5-7-17(22)21-15)18(23)20-11(2)12-4-6-16-13(10-12)8-9-19-16/h4-11,19H,3H2,1-2H3,(H,20,23)(H,21,22). The van der Waals surface area contributed by atoms with E-state index in [2.05, 4.69) is 21.4 Å². The number of hydrogen-bond donors (Lipinski definition) is 3. The fourth-order valence-corrected chi connectivity index (χ4v) is 2.71. The predicted molar refractivity (Wildman–Crippen MR) is 90.6 cm³/mol. The first-order valence-corrected chi connectivity index (χ1v) is 7.68. The number of hydrogen-bond acceptors (Lipinski definition) is 2. The number of pyridine rings is 1. The molecule has 1 aromatic carbocycles. The summed E-state index contributed by atoms with van der Waals surface area (Å²) in [4.78, 5) is 29.7. The summed E-state index contributed by atoms with van der Waals surface area (Å²) >= 11 is 0. The SMILES string of the molecule is CCc1[nH]c(=O)ccc1C(=O)NC(C)c1ccc2[nH]ccc2c1. The van der Waals surface area contributed by atoms with E-state index in [1.165, 1.54) is 6.07 Å². The Bertz CT molecular complexity index is 908. The molecule has 3 rings (SSSR count). The molecule has 0 radical (unpaired) electrons. The summed E-state index contributed by atoms with van der Waals surface area (Å²) in [6.45, 7) is 3.86. The summed E-state index contributed by atoms with van der Waals surface area (Å²) < 4.78 is 0. The van der Waals surface area contributed by atoms with Gasteiger partial charge in [-0.1, -0.05) is 13.0 Å². The molecule has 0 saturated heterocycles. The second-order valence-corrected chi connectivity index (χ2v) is 5.59. The molecule has 0 aliphatic carbocycles. The Balaban J connectivity index is 1.83. The minimum absolute atomic E-state index is 0.126. The van der Waals surface area contributed by atoms with E-state index < -0.39 is 0 Å². The Hall–Kier alpha value is -2.82. The highest BCUT2D eigenvalue weighted by Gasteiger charge is 2.15. The van der Waals surface area contributed by atoms with Crippen LogP contribution in [-0.2, 0) is 6.42 Å². The molecule has 0 aliphatic heterocycles. The maximum Gasteiger partial charge on any atom is 0.253 e. The van der Waals surface area contributed by atoms with Crippen molar-refractivity contribution in [1.29, 1.82) is 0 Å². The summed E-state index contributed by atoms with van der Waals surface area (Å²) in [6.07, 6.45) is 2.49. The summed E-state index contributed by atoms with van der Waals surface area (Å²) in [5, 5.41) is 4.11. The van der Waals surface area contributed by atoms with E-state index in [0.29, 0.717) is 17.7 Å². The summed E-state index contributed by atoms with van der Waals surface area (Å²) in [7, 11) is 0. The first kappa shape index (κ1) is 15.1. The van der Waals surface area contributed by atoms with Gasteiger partial charge in [-0.25, -0.2) is 0 Å². The van der Waals surface area contributed by atoms with Crippen molar-refractivity contribution < 1.29 is 4.79 Å². The number of aromatic amines is 2. The molecule has 1 unspecified atom stereocenters. The number of aryl methyl sites for hydroxylation is 1. The number of fused-ring (bicyclic) bond motifs is 1. The predicted octanol–water partition coefficient (Wildman–Crippen LogP) is 2.91. The minimum Gasteiger partial charge on any atom is -0.361 e. The van der Waals surface area contributed by atoms with E-state index in [9.17, 15) is 9.59 Å². The van der Waals surface area contributed by atoms with E-state index in [4.69, 9.17) is 0 Å². The van der Waals surface area contributed by atoms with Gasteiger partial charge >= 0.3 is 0 Å². The van der Waals surface area contributed by atoms with Crippen LogP contribution in [0.25, 0.3) is 10.9 Å². The molecule has 5 nitrogen and oxygen atoms in total. The molecule has 3 aromatic rings. The molecule has 0 bridgehead atoms. The number of H-pyrrole nitrogens is 2. The molecule has 1 amide bonds. The van der Waals surface area contributed by atoms with Crippen LogP contribution in [0.3, 0.4) is 0 Å². The van der Waals surface area contributed by atoms with Crippen molar-refractivity contribution in [2.45, 2.75) is 26.3 Å². The van der Waals surface area contributed by atoms with Crippen LogP contribution in [0.15, 0.2) is 47.4 Å². The third kappa shape index (κ3) is 3.04. The number of nitrogens with one attached hydrogen (secondary N) is 3. The van der Waals surface area contributed by atoms with E-state index >= 15 is 0 Å². The molecular formula is C18H19N3O2. The van der Waals surface area contributed by atoms with Crippen molar-refractivity contribution in [1.82, 2.24) is 15.3 Å². The summed E-state index contributed by atoms with van der Waals surface area (Å²) in [5.74, 6) is -0.181. The number of amides is 1. The molecule has 0 spiro atoms. The minimum atomic E-state index is -0.190. The first-order chi connectivity index (χ1) is 11.1. The van der Waals surface area contributed by atoms with Crippen molar-refractivity contribution in [2.75, 3.05) is 0 Å². The molecule has 3 N–H and O–H groups in total. The molecule has 2 heterocycles. The van der Waals surface area contributed by atoms with Gasteiger partial charge in [0.15, 0.2) is 0 Å². The highest BCUT2D eigenvalue weighted by molar-refractivity contribution is 5.95. The number of aromatic nitrogens is 2. The second kappa shape index (κ2) is 6.12. The average Bonchev–Trinajstić information content (AvgIpc) is 3.01. The number of carbonyl (C=O) groups excluding carboxylic acids is 1. The van der Waals surface area contributed by atoms with Crippen molar-refractivity contribution in [3.05, 3.63) is 69.8 Å². The van der Waals surface area contributed by atoms with Crippen LogP contribution in [0.2, 0.25) is 0 Å². The van der Waals surface area contributed by atoms with Gasteiger partial charge in [-0.05, 0) is 48.6 Å². The van der Waals surface area contributed by atoms with Crippen LogP contribution in [0.1, 0.15) is 41.5 Å². The Morgan fingerprint density at radius 2 is 2.04 bits per heavy atom. The van der Waals surface area contributed by atoms with Gasteiger partial charge in [0.2, 0.25) is 5.56 Å². The number of benzene rings is 1. The Morgan fingerprint density at radius 1 is 1.22 bits per heavy atom. The molecule has 2 aromatic heterocycles. The third-order valence-electron chi connectivity index (χ3n) is 4.02. The van der Waals surface area contributed by atoms with E-state index in [0.717, 1.165) is 16.5 Å².